The molecule has 0 fully saturated rings. The van der Waals surface area contributed by atoms with E-state index in [-0.39, 0.29) is 0 Å². The number of benzene rings is 1. The van der Waals surface area contributed by atoms with Gasteiger partial charge in [0, 0.05) is 0 Å². The van der Waals surface area contributed by atoms with E-state index in [1.807, 2.05) is 18.2 Å². The molecule has 0 amide bonds. The molecule has 2 unspecified atom stereocenters. The number of para-hydroxylation sites is 1. The van der Waals surface area contributed by atoms with Gasteiger partial charge in [-0.1, -0.05) is 30.4 Å². The number of thiol groups is 1. The lowest BCUT2D eigenvalue weighted by Crippen LogP contribution is -2.29. The summed E-state index contributed by atoms with van der Waals surface area (Å²) in [5.74, 6) is -0.253. The molecule has 0 radical (unpaired) electrons. The highest BCUT2D eigenvalue weighted by Gasteiger charge is 2.15. The summed E-state index contributed by atoms with van der Waals surface area (Å²) >= 11 is 4.14. The average molecular weight is 245 g/mol. The summed E-state index contributed by atoms with van der Waals surface area (Å²) in [6, 6.07) is 8.47. The van der Waals surface area contributed by atoms with Crippen LogP contribution in [-0.2, 0) is 4.79 Å². The normalized spacial score (nSPS) is 14.3. The number of hydrogen-bond donors (Lipinski definition) is 3. The number of nitrogens with one attached hydrogen (secondary N) is 1. The highest BCUT2D eigenvalue weighted by Crippen LogP contribution is 2.38. The van der Waals surface area contributed by atoms with Crippen LogP contribution < -0.4 is 9.61 Å². The van der Waals surface area contributed by atoms with Crippen LogP contribution in [0.25, 0.3) is 0 Å². The van der Waals surface area contributed by atoms with Crippen molar-refractivity contribution >= 4 is 25.7 Å². The number of carboxylic acid groups (broad SMARTS) is 1. The monoisotopic (exact) mass is 245 g/mol. The quantitative estimate of drug-likeness (QED) is 0.550. The summed E-state index contributed by atoms with van der Waals surface area (Å²) in [4.78, 5) is 10.5. The summed E-state index contributed by atoms with van der Waals surface area (Å²) in [5, 5.41) is 11.4. The predicted octanol–water partition coefficient (Wildman–Crippen LogP) is 2.28. The third-order valence-corrected chi connectivity index (χ3v) is 3.19. The fourth-order valence-corrected chi connectivity index (χ4v) is 2.45. The van der Waals surface area contributed by atoms with Crippen LogP contribution in [0.2, 0.25) is 0 Å². The minimum absolute atomic E-state index is 0.669. The maximum absolute atomic E-state index is 10.5. The standard InChI is InChI=1S/C9H12NO3PS/c1-7(9(11)12)10-14(15)13-8-5-3-2-4-6-8/h2-7,10,15H,1H3,(H,11,12). The Kier molecular flexibility index (Phi) is 4.88. The van der Waals surface area contributed by atoms with Gasteiger partial charge in [0.25, 0.3) is 0 Å². The first-order chi connectivity index (χ1) is 7.09. The van der Waals surface area contributed by atoms with Crippen molar-refractivity contribution in [2.24, 2.45) is 0 Å². The topological polar surface area (TPSA) is 58.6 Å². The number of rotatable bonds is 5. The van der Waals surface area contributed by atoms with Crippen molar-refractivity contribution in [2.45, 2.75) is 13.0 Å². The van der Waals surface area contributed by atoms with Crippen LogP contribution >= 0.6 is 19.7 Å². The molecule has 0 saturated carbocycles. The molecule has 0 aliphatic rings. The van der Waals surface area contributed by atoms with Crippen LogP contribution in [-0.4, -0.2) is 17.1 Å². The molecule has 1 rings (SSSR count). The number of carboxylic acids is 1. The molecule has 6 heteroatoms. The van der Waals surface area contributed by atoms with E-state index in [2.05, 4.69) is 17.3 Å². The Hall–Kier alpha value is -0.770. The highest BCUT2D eigenvalue weighted by atomic mass is 32.7. The molecule has 1 aromatic rings. The van der Waals surface area contributed by atoms with Crippen LogP contribution in [0.5, 0.6) is 5.75 Å². The van der Waals surface area contributed by atoms with Crippen molar-refractivity contribution in [3.8, 4) is 5.75 Å². The van der Waals surface area contributed by atoms with E-state index in [1.54, 1.807) is 19.1 Å². The number of aliphatic carboxylic acids is 1. The van der Waals surface area contributed by atoms with E-state index in [0.717, 1.165) is 0 Å². The second kappa shape index (κ2) is 5.95. The van der Waals surface area contributed by atoms with Gasteiger partial charge in [0.1, 0.15) is 11.8 Å². The molecule has 2 atom stereocenters. The highest BCUT2D eigenvalue weighted by molar-refractivity contribution is 8.43. The maximum atomic E-state index is 10.5. The zero-order valence-corrected chi connectivity index (χ0v) is 9.91. The van der Waals surface area contributed by atoms with Crippen LogP contribution in [0, 0.1) is 0 Å². The molecule has 0 bridgehead atoms. The Morgan fingerprint density at radius 3 is 2.67 bits per heavy atom. The Morgan fingerprint density at radius 1 is 1.53 bits per heavy atom. The van der Waals surface area contributed by atoms with E-state index in [9.17, 15) is 4.79 Å². The van der Waals surface area contributed by atoms with Gasteiger partial charge in [0.05, 0.1) is 0 Å². The second-order valence-electron chi connectivity index (χ2n) is 2.87. The van der Waals surface area contributed by atoms with Crippen molar-refractivity contribution in [3.63, 3.8) is 0 Å². The fraction of sp³-hybridized carbons (Fsp3) is 0.222. The SMILES string of the molecule is CC(NP(S)Oc1ccccc1)C(=O)O. The minimum Gasteiger partial charge on any atom is -0.480 e. The Balaban J connectivity index is 2.43. The minimum atomic E-state index is -1.27. The largest absolute Gasteiger partial charge is 0.480 e. The van der Waals surface area contributed by atoms with E-state index < -0.39 is 19.5 Å². The Bertz CT molecular complexity index is 322. The lowest BCUT2D eigenvalue weighted by molar-refractivity contribution is -0.138. The third-order valence-electron chi connectivity index (χ3n) is 1.61. The van der Waals surface area contributed by atoms with Gasteiger partial charge in [-0.25, -0.2) is 5.09 Å². The van der Waals surface area contributed by atoms with Gasteiger partial charge < -0.3 is 9.63 Å². The van der Waals surface area contributed by atoms with Crippen LogP contribution in [0.1, 0.15) is 6.92 Å². The number of hydrogen-bond acceptors (Lipinski definition) is 4. The van der Waals surface area contributed by atoms with Crippen LogP contribution in [0.4, 0.5) is 0 Å². The van der Waals surface area contributed by atoms with Gasteiger partial charge in [-0.15, -0.1) is 0 Å². The average Bonchev–Trinajstić information content (AvgIpc) is 2.18. The van der Waals surface area contributed by atoms with Crippen molar-refractivity contribution in [2.75, 3.05) is 0 Å². The Morgan fingerprint density at radius 2 is 2.13 bits per heavy atom. The zero-order chi connectivity index (χ0) is 11.3. The van der Waals surface area contributed by atoms with Crippen LogP contribution in [0.15, 0.2) is 30.3 Å². The number of carbonyl (C=O) groups is 1. The predicted molar refractivity (Wildman–Crippen MR) is 63.2 cm³/mol. The molecule has 0 spiro atoms. The van der Waals surface area contributed by atoms with Crippen molar-refractivity contribution < 1.29 is 14.4 Å². The second-order valence-corrected chi connectivity index (χ2v) is 4.94. The van der Waals surface area contributed by atoms with E-state index >= 15 is 0 Å². The first kappa shape index (κ1) is 12.3. The summed E-state index contributed by atoms with van der Waals surface area (Å²) in [6.07, 6.45) is 0. The van der Waals surface area contributed by atoms with Gasteiger partial charge in [0.15, 0.2) is 0 Å². The van der Waals surface area contributed by atoms with E-state index in [1.165, 1.54) is 0 Å². The summed E-state index contributed by atoms with van der Waals surface area (Å²) in [5.41, 5.74) is 0. The molecular weight excluding hydrogens is 233 g/mol. The Labute approximate surface area is 94.7 Å². The molecule has 0 saturated heterocycles. The van der Waals surface area contributed by atoms with Crippen molar-refractivity contribution in [1.82, 2.24) is 5.09 Å². The third kappa shape index (κ3) is 4.51. The molecule has 0 aromatic heterocycles. The first-order valence-corrected chi connectivity index (χ1v) is 6.72. The molecule has 4 nitrogen and oxygen atoms in total. The maximum Gasteiger partial charge on any atom is 0.320 e. The molecule has 82 valence electrons. The lowest BCUT2D eigenvalue weighted by atomic mass is 10.3. The molecule has 2 N–H and O–H groups in total. The summed E-state index contributed by atoms with van der Waals surface area (Å²) in [7, 11) is -1.27. The lowest BCUT2D eigenvalue weighted by Gasteiger charge is -2.16. The molecular formula is C9H12NO3PS. The zero-order valence-electron chi connectivity index (χ0n) is 8.12. The van der Waals surface area contributed by atoms with Gasteiger partial charge >= 0.3 is 5.97 Å². The van der Waals surface area contributed by atoms with Crippen LogP contribution in [0.3, 0.4) is 0 Å². The fourth-order valence-electron chi connectivity index (χ4n) is 0.828. The van der Waals surface area contributed by atoms with E-state index in [0.29, 0.717) is 5.75 Å². The van der Waals surface area contributed by atoms with Gasteiger partial charge in [-0.05, 0) is 19.1 Å². The van der Waals surface area contributed by atoms with E-state index in [4.69, 9.17) is 9.63 Å². The molecule has 0 heterocycles. The van der Waals surface area contributed by atoms with Gasteiger partial charge in [0.2, 0.25) is 7.50 Å². The molecule has 15 heavy (non-hydrogen) atoms. The van der Waals surface area contributed by atoms with Crippen molar-refractivity contribution in [3.05, 3.63) is 30.3 Å². The van der Waals surface area contributed by atoms with Crippen molar-refractivity contribution in [1.29, 1.82) is 0 Å². The smallest absolute Gasteiger partial charge is 0.320 e. The summed E-state index contributed by atoms with van der Waals surface area (Å²) in [6.45, 7) is 1.54. The molecule has 0 aliphatic heterocycles. The summed E-state index contributed by atoms with van der Waals surface area (Å²) < 4.78 is 5.39. The van der Waals surface area contributed by atoms with Gasteiger partial charge in [-0.2, -0.15) is 0 Å². The first-order valence-electron chi connectivity index (χ1n) is 4.30. The van der Waals surface area contributed by atoms with Gasteiger partial charge in [-0.3, -0.25) is 4.79 Å². The molecule has 0 aliphatic carbocycles. The molecule has 1 aromatic carbocycles.